The van der Waals surface area contributed by atoms with Crippen LogP contribution in [0.5, 0.6) is 0 Å². The van der Waals surface area contributed by atoms with Gasteiger partial charge in [-0.1, -0.05) is 13.3 Å². The van der Waals surface area contributed by atoms with Crippen LogP contribution in [0, 0.1) is 5.41 Å². The molecule has 0 aliphatic carbocycles. The van der Waals surface area contributed by atoms with Gasteiger partial charge in [0.25, 0.3) is 0 Å². The topological polar surface area (TPSA) is 104 Å². The molecule has 0 spiro atoms. The monoisotopic (exact) mass is 299 g/mol. The van der Waals surface area contributed by atoms with Crippen molar-refractivity contribution in [2.75, 3.05) is 26.2 Å². The number of amides is 3. The number of urea groups is 1. The molecule has 1 heterocycles. The fourth-order valence-electron chi connectivity index (χ4n) is 2.38. The second-order valence-corrected chi connectivity index (χ2v) is 5.88. The first-order chi connectivity index (χ1) is 9.80. The standard InChI is InChI=1S/C14H25N3O4/c1-3-4-7-17(10-11(15)18)13(21)16-8-5-14(2,6-9-16)12(19)20/h3-10H2,1-2H3,(H2,15,18)(H,19,20). The van der Waals surface area contributed by atoms with Crippen LogP contribution in [0.1, 0.15) is 39.5 Å². The van der Waals surface area contributed by atoms with Gasteiger partial charge in [0.2, 0.25) is 5.91 Å². The molecule has 7 nitrogen and oxygen atoms in total. The molecule has 120 valence electrons. The van der Waals surface area contributed by atoms with Crippen LogP contribution in [0.4, 0.5) is 4.79 Å². The molecule has 1 aliphatic rings. The predicted octanol–water partition coefficient (Wildman–Crippen LogP) is 0.881. The van der Waals surface area contributed by atoms with Gasteiger partial charge in [-0.25, -0.2) is 4.79 Å². The highest BCUT2D eigenvalue weighted by atomic mass is 16.4. The van der Waals surface area contributed by atoms with E-state index in [4.69, 9.17) is 5.73 Å². The molecular formula is C14H25N3O4. The third-order valence-electron chi connectivity index (χ3n) is 4.05. The molecule has 0 radical (unpaired) electrons. The average Bonchev–Trinajstić information content (AvgIpc) is 2.43. The summed E-state index contributed by atoms with van der Waals surface area (Å²) in [5.41, 5.74) is 4.42. The zero-order valence-corrected chi connectivity index (χ0v) is 12.8. The van der Waals surface area contributed by atoms with Crippen molar-refractivity contribution >= 4 is 17.9 Å². The fourth-order valence-corrected chi connectivity index (χ4v) is 2.38. The molecule has 0 unspecified atom stereocenters. The Bertz CT molecular complexity index is 403. The van der Waals surface area contributed by atoms with Crippen molar-refractivity contribution in [3.8, 4) is 0 Å². The molecule has 1 saturated heterocycles. The van der Waals surface area contributed by atoms with Crippen LogP contribution < -0.4 is 5.73 Å². The summed E-state index contributed by atoms with van der Waals surface area (Å²) in [5, 5.41) is 9.19. The van der Waals surface area contributed by atoms with Crippen molar-refractivity contribution in [3.63, 3.8) is 0 Å². The van der Waals surface area contributed by atoms with E-state index in [2.05, 4.69) is 0 Å². The largest absolute Gasteiger partial charge is 0.481 e. The lowest BCUT2D eigenvalue weighted by molar-refractivity contribution is -0.150. The van der Waals surface area contributed by atoms with Gasteiger partial charge in [0, 0.05) is 19.6 Å². The number of aliphatic carboxylic acids is 1. The maximum absolute atomic E-state index is 12.4. The lowest BCUT2D eigenvalue weighted by Crippen LogP contribution is -2.51. The van der Waals surface area contributed by atoms with Gasteiger partial charge in [-0.2, -0.15) is 0 Å². The van der Waals surface area contributed by atoms with Gasteiger partial charge in [0.05, 0.1) is 5.41 Å². The lowest BCUT2D eigenvalue weighted by atomic mass is 9.80. The molecule has 0 saturated carbocycles. The normalized spacial score (nSPS) is 17.3. The second kappa shape index (κ2) is 7.28. The number of carboxylic acid groups (broad SMARTS) is 1. The van der Waals surface area contributed by atoms with E-state index < -0.39 is 17.3 Å². The van der Waals surface area contributed by atoms with Crippen molar-refractivity contribution in [3.05, 3.63) is 0 Å². The quantitative estimate of drug-likeness (QED) is 0.759. The van der Waals surface area contributed by atoms with Crippen LogP contribution in [-0.4, -0.2) is 59.0 Å². The number of carbonyl (C=O) groups is 3. The first-order valence-corrected chi connectivity index (χ1v) is 7.35. The maximum atomic E-state index is 12.4. The Morgan fingerprint density at radius 2 is 1.86 bits per heavy atom. The number of rotatable bonds is 6. The number of primary amides is 1. The molecule has 0 atom stereocenters. The van der Waals surface area contributed by atoms with Crippen LogP contribution in [0.15, 0.2) is 0 Å². The van der Waals surface area contributed by atoms with E-state index in [1.165, 1.54) is 4.90 Å². The summed E-state index contributed by atoms with van der Waals surface area (Å²) in [6.07, 6.45) is 2.57. The SMILES string of the molecule is CCCCN(CC(N)=O)C(=O)N1CCC(C)(C(=O)O)CC1. The van der Waals surface area contributed by atoms with Gasteiger partial charge < -0.3 is 20.6 Å². The molecule has 1 rings (SSSR count). The number of piperidine rings is 1. The smallest absolute Gasteiger partial charge is 0.320 e. The summed E-state index contributed by atoms with van der Waals surface area (Å²) in [7, 11) is 0. The molecule has 1 aliphatic heterocycles. The van der Waals surface area contributed by atoms with Gasteiger partial charge in [0.1, 0.15) is 6.54 Å². The third-order valence-corrected chi connectivity index (χ3v) is 4.05. The van der Waals surface area contributed by atoms with Gasteiger partial charge in [-0.3, -0.25) is 9.59 Å². The van der Waals surface area contributed by atoms with E-state index in [1.54, 1.807) is 11.8 Å². The van der Waals surface area contributed by atoms with Crippen molar-refractivity contribution in [2.45, 2.75) is 39.5 Å². The molecule has 3 amide bonds. The Kier molecular flexibility index (Phi) is 5.99. The summed E-state index contributed by atoms with van der Waals surface area (Å²) in [6, 6.07) is -0.227. The van der Waals surface area contributed by atoms with E-state index in [0.29, 0.717) is 32.5 Å². The molecular weight excluding hydrogens is 274 g/mol. The average molecular weight is 299 g/mol. The van der Waals surface area contributed by atoms with Gasteiger partial charge in [-0.15, -0.1) is 0 Å². The number of carboxylic acids is 1. The minimum atomic E-state index is -0.824. The highest BCUT2D eigenvalue weighted by Crippen LogP contribution is 2.31. The Morgan fingerprint density at radius 3 is 2.29 bits per heavy atom. The second-order valence-electron chi connectivity index (χ2n) is 5.88. The summed E-state index contributed by atoms with van der Waals surface area (Å²) >= 11 is 0. The van der Waals surface area contributed by atoms with E-state index in [9.17, 15) is 19.5 Å². The third kappa shape index (κ3) is 4.61. The number of nitrogens with zero attached hydrogens (tertiary/aromatic N) is 2. The molecule has 3 N–H and O–H groups in total. The number of likely N-dealkylation sites (tertiary alicyclic amines) is 1. The van der Waals surface area contributed by atoms with Crippen molar-refractivity contribution in [1.29, 1.82) is 0 Å². The molecule has 0 aromatic rings. The minimum Gasteiger partial charge on any atom is -0.481 e. The first kappa shape index (κ1) is 17.3. The van der Waals surface area contributed by atoms with Crippen LogP contribution in [-0.2, 0) is 9.59 Å². The molecule has 0 bridgehead atoms. The van der Waals surface area contributed by atoms with E-state index >= 15 is 0 Å². The van der Waals surface area contributed by atoms with E-state index in [0.717, 1.165) is 12.8 Å². The Hall–Kier alpha value is -1.79. The molecule has 7 heteroatoms. The maximum Gasteiger partial charge on any atom is 0.320 e. The summed E-state index contributed by atoms with van der Waals surface area (Å²) in [6.45, 7) is 4.89. The summed E-state index contributed by atoms with van der Waals surface area (Å²) < 4.78 is 0. The summed E-state index contributed by atoms with van der Waals surface area (Å²) in [5.74, 6) is -1.36. The highest BCUT2D eigenvalue weighted by molar-refractivity contribution is 5.83. The molecule has 1 fully saturated rings. The van der Waals surface area contributed by atoms with Crippen LogP contribution in [0.2, 0.25) is 0 Å². The number of hydrogen-bond donors (Lipinski definition) is 2. The first-order valence-electron chi connectivity index (χ1n) is 7.35. The lowest BCUT2D eigenvalue weighted by Gasteiger charge is -2.38. The number of nitrogens with two attached hydrogens (primary N) is 1. The Labute approximate surface area is 125 Å². The highest BCUT2D eigenvalue weighted by Gasteiger charge is 2.38. The van der Waals surface area contributed by atoms with E-state index in [-0.39, 0.29) is 12.6 Å². The zero-order valence-electron chi connectivity index (χ0n) is 12.8. The van der Waals surface area contributed by atoms with Crippen LogP contribution in [0.25, 0.3) is 0 Å². The van der Waals surface area contributed by atoms with Gasteiger partial charge >= 0.3 is 12.0 Å². The van der Waals surface area contributed by atoms with E-state index in [1.807, 2.05) is 6.92 Å². The Balaban J connectivity index is 2.64. The zero-order chi connectivity index (χ0) is 16.0. The van der Waals surface area contributed by atoms with Crippen molar-refractivity contribution in [1.82, 2.24) is 9.80 Å². The van der Waals surface area contributed by atoms with Crippen LogP contribution >= 0.6 is 0 Å². The minimum absolute atomic E-state index is 0.0917. The van der Waals surface area contributed by atoms with Crippen molar-refractivity contribution in [2.24, 2.45) is 11.1 Å². The van der Waals surface area contributed by atoms with Gasteiger partial charge in [-0.05, 0) is 26.2 Å². The van der Waals surface area contributed by atoms with Gasteiger partial charge in [0.15, 0.2) is 0 Å². The number of carbonyl (C=O) groups excluding carboxylic acids is 2. The number of unbranched alkanes of at least 4 members (excludes halogenated alkanes) is 1. The predicted molar refractivity (Wildman–Crippen MR) is 77.6 cm³/mol. The fraction of sp³-hybridized carbons (Fsp3) is 0.786. The molecule has 0 aromatic carbocycles. The molecule has 0 aromatic heterocycles. The molecule has 21 heavy (non-hydrogen) atoms. The number of hydrogen-bond acceptors (Lipinski definition) is 3. The Morgan fingerprint density at radius 1 is 1.29 bits per heavy atom. The van der Waals surface area contributed by atoms with Crippen LogP contribution in [0.3, 0.4) is 0 Å². The van der Waals surface area contributed by atoms with Crippen molar-refractivity contribution < 1.29 is 19.5 Å². The summed E-state index contributed by atoms with van der Waals surface area (Å²) in [4.78, 5) is 37.8.